The summed E-state index contributed by atoms with van der Waals surface area (Å²) in [5.74, 6) is 0.772. The Labute approximate surface area is 177 Å². The van der Waals surface area contributed by atoms with Gasteiger partial charge in [0.25, 0.3) is 5.91 Å². The molecule has 0 aliphatic carbocycles. The molecule has 1 aromatic carbocycles. The van der Waals surface area contributed by atoms with Crippen molar-refractivity contribution in [2.24, 2.45) is 0 Å². The zero-order valence-corrected chi connectivity index (χ0v) is 18.1. The number of unbranched alkanes of at least 4 members (excludes halogenated alkanes) is 1. The standard InChI is InChI=1S/C23H31N3O4/c1-4-5-12-30-13-6-10-25-15-20(27)26-11-9-17-18-14-16(29-3)7-8-19(18)24-21(17)23(26,2)22(25)28/h7-8,14,24H,4-6,9-13,15H2,1-3H3/t23-/m0/s1. The lowest BCUT2D eigenvalue weighted by Crippen LogP contribution is -2.67. The Balaban J connectivity index is 1.60. The van der Waals surface area contributed by atoms with Crippen LogP contribution in [0.25, 0.3) is 10.9 Å². The van der Waals surface area contributed by atoms with Gasteiger partial charge in [-0.3, -0.25) is 9.59 Å². The molecule has 7 heteroatoms. The number of benzene rings is 1. The van der Waals surface area contributed by atoms with E-state index in [2.05, 4.69) is 11.9 Å². The summed E-state index contributed by atoms with van der Waals surface area (Å²) < 4.78 is 11.0. The summed E-state index contributed by atoms with van der Waals surface area (Å²) in [5, 5.41) is 1.06. The second kappa shape index (κ2) is 8.30. The largest absolute Gasteiger partial charge is 0.497 e. The predicted molar refractivity (Wildman–Crippen MR) is 115 cm³/mol. The first-order chi connectivity index (χ1) is 14.5. The molecule has 0 saturated carbocycles. The molecule has 3 heterocycles. The van der Waals surface area contributed by atoms with Crippen LogP contribution < -0.4 is 4.74 Å². The monoisotopic (exact) mass is 413 g/mol. The minimum atomic E-state index is -1.00. The predicted octanol–water partition coefficient (Wildman–Crippen LogP) is 2.83. The second-order valence-electron chi connectivity index (χ2n) is 8.30. The van der Waals surface area contributed by atoms with Crippen molar-refractivity contribution in [3.8, 4) is 5.75 Å². The number of aromatic nitrogens is 1. The van der Waals surface area contributed by atoms with E-state index in [9.17, 15) is 9.59 Å². The SMILES string of the molecule is CCCCOCCCN1CC(=O)N2CCc3c([nH]c4ccc(OC)cc34)[C@@]2(C)C1=O. The summed E-state index contributed by atoms with van der Waals surface area (Å²) in [6, 6.07) is 5.88. The van der Waals surface area contributed by atoms with Crippen LogP contribution in [-0.4, -0.2) is 66.6 Å². The Hall–Kier alpha value is -2.54. The molecule has 1 N–H and O–H groups in total. The summed E-state index contributed by atoms with van der Waals surface area (Å²) in [5.41, 5.74) is 1.90. The molecule has 0 bridgehead atoms. The van der Waals surface area contributed by atoms with Crippen molar-refractivity contribution >= 4 is 22.7 Å². The number of amides is 2. The number of H-pyrrole nitrogens is 1. The van der Waals surface area contributed by atoms with Crippen LogP contribution in [0.2, 0.25) is 0 Å². The first kappa shape index (κ1) is 20.7. The van der Waals surface area contributed by atoms with Gasteiger partial charge in [-0.2, -0.15) is 0 Å². The van der Waals surface area contributed by atoms with Gasteiger partial charge in [0.1, 0.15) is 5.75 Å². The summed E-state index contributed by atoms with van der Waals surface area (Å²) in [4.78, 5) is 33.5. The van der Waals surface area contributed by atoms with Gasteiger partial charge < -0.3 is 24.3 Å². The Bertz CT molecular complexity index is 953. The van der Waals surface area contributed by atoms with Gasteiger partial charge in [-0.15, -0.1) is 0 Å². The molecule has 162 valence electrons. The highest BCUT2D eigenvalue weighted by atomic mass is 16.5. The van der Waals surface area contributed by atoms with E-state index in [1.165, 1.54) is 0 Å². The third-order valence-corrected chi connectivity index (χ3v) is 6.42. The van der Waals surface area contributed by atoms with Crippen molar-refractivity contribution in [3.63, 3.8) is 0 Å². The molecule has 1 aromatic heterocycles. The average molecular weight is 414 g/mol. The number of piperazine rings is 1. The number of hydrogen-bond donors (Lipinski definition) is 1. The zero-order chi connectivity index (χ0) is 21.3. The van der Waals surface area contributed by atoms with Crippen molar-refractivity contribution in [1.29, 1.82) is 0 Å². The molecule has 0 unspecified atom stereocenters. The first-order valence-corrected chi connectivity index (χ1v) is 10.9. The zero-order valence-electron chi connectivity index (χ0n) is 18.1. The molecule has 1 fully saturated rings. The molecule has 2 aliphatic rings. The molecule has 2 amide bonds. The number of rotatable bonds is 8. The van der Waals surface area contributed by atoms with E-state index in [1.807, 2.05) is 25.1 Å². The van der Waals surface area contributed by atoms with E-state index in [1.54, 1.807) is 16.9 Å². The number of ether oxygens (including phenoxy) is 2. The van der Waals surface area contributed by atoms with Crippen LogP contribution in [-0.2, 0) is 26.3 Å². The van der Waals surface area contributed by atoms with Crippen LogP contribution >= 0.6 is 0 Å². The number of carbonyl (C=O) groups is 2. The van der Waals surface area contributed by atoms with Crippen LogP contribution in [0.5, 0.6) is 5.75 Å². The van der Waals surface area contributed by atoms with Gasteiger partial charge in [-0.05, 0) is 49.9 Å². The Morgan fingerprint density at radius 3 is 2.77 bits per heavy atom. The van der Waals surface area contributed by atoms with Crippen LogP contribution in [0.3, 0.4) is 0 Å². The molecule has 1 atom stereocenters. The van der Waals surface area contributed by atoms with Gasteiger partial charge in [0, 0.05) is 37.2 Å². The minimum absolute atomic E-state index is 0.00545. The molecule has 2 aliphatic heterocycles. The summed E-state index contributed by atoms with van der Waals surface area (Å²) in [6.07, 6.45) is 3.60. The quantitative estimate of drug-likeness (QED) is 0.676. The van der Waals surface area contributed by atoms with Crippen molar-refractivity contribution < 1.29 is 19.1 Å². The highest BCUT2D eigenvalue weighted by molar-refractivity contribution is 6.00. The van der Waals surface area contributed by atoms with Crippen LogP contribution in [0, 0.1) is 0 Å². The van der Waals surface area contributed by atoms with E-state index in [0.29, 0.717) is 19.7 Å². The maximum atomic E-state index is 13.6. The molecular formula is C23H31N3O4. The number of carbonyl (C=O) groups excluding carboxylic acids is 2. The second-order valence-corrected chi connectivity index (χ2v) is 8.30. The van der Waals surface area contributed by atoms with Gasteiger partial charge in [0.2, 0.25) is 5.91 Å². The third-order valence-electron chi connectivity index (χ3n) is 6.42. The molecule has 0 spiro atoms. The third kappa shape index (κ3) is 3.35. The van der Waals surface area contributed by atoms with E-state index < -0.39 is 5.54 Å². The van der Waals surface area contributed by atoms with E-state index in [0.717, 1.165) is 60.2 Å². The molecule has 4 rings (SSSR count). The molecule has 7 nitrogen and oxygen atoms in total. The number of nitrogens with zero attached hydrogens (tertiary/aromatic N) is 2. The lowest BCUT2D eigenvalue weighted by Gasteiger charge is -2.49. The molecule has 1 saturated heterocycles. The van der Waals surface area contributed by atoms with Crippen molar-refractivity contribution in [1.82, 2.24) is 14.8 Å². The Morgan fingerprint density at radius 1 is 1.20 bits per heavy atom. The lowest BCUT2D eigenvalue weighted by molar-refractivity contribution is -0.166. The van der Waals surface area contributed by atoms with Gasteiger partial charge >= 0.3 is 0 Å². The Kier molecular flexibility index (Phi) is 5.73. The van der Waals surface area contributed by atoms with Crippen LogP contribution in [0.4, 0.5) is 0 Å². The topological polar surface area (TPSA) is 74.9 Å². The number of fused-ring (bicyclic) bond motifs is 5. The number of methoxy groups -OCH3 is 1. The van der Waals surface area contributed by atoms with Crippen molar-refractivity contribution in [3.05, 3.63) is 29.5 Å². The fourth-order valence-corrected chi connectivity index (χ4v) is 4.72. The fourth-order valence-electron chi connectivity index (χ4n) is 4.72. The molecule has 2 aromatic rings. The van der Waals surface area contributed by atoms with Gasteiger partial charge in [0.05, 0.1) is 19.3 Å². The smallest absolute Gasteiger partial charge is 0.254 e. The molecule has 30 heavy (non-hydrogen) atoms. The highest BCUT2D eigenvalue weighted by Crippen LogP contribution is 2.42. The maximum Gasteiger partial charge on any atom is 0.254 e. The average Bonchev–Trinajstić information content (AvgIpc) is 3.13. The highest BCUT2D eigenvalue weighted by Gasteiger charge is 2.53. The maximum absolute atomic E-state index is 13.6. The number of hydrogen-bond acceptors (Lipinski definition) is 4. The number of nitrogens with one attached hydrogen (secondary N) is 1. The lowest BCUT2D eigenvalue weighted by atomic mass is 9.83. The van der Waals surface area contributed by atoms with E-state index in [-0.39, 0.29) is 18.4 Å². The minimum Gasteiger partial charge on any atom is -0.497 e. The summed E-state index contributed by atoms with van der Waals surface area (Å²) in [7, 11) is 1.65. The van der Waals surface area contributed by atoms with Gasteiger partial charge in [0.15, 0.2) is 5.54 Å². The van der Waals surface area contributed by atoms with E-state index >= 15 is 0 Å². The van der Waals surface area contributed by atoms with Crippen molar-refractivity contribution in [2.45, 2.75) is 45.1 Å². The molecular weight excluding hydrogens is 382 g/mol. The summed E-state index contributed by atoms with van der Waals surface area (Å²) >= 11 is 0. The van der Waals surface area contributed by atoms with Crippen molar-refractivity contribution in [2.75, 3.05) is 40.0 Å². The number of aromatic amines is 1. The van der Waals surface area contributed by atoms with E-state index in [4.69, 9.17) is 9.47 Å². The Morgan fingerprint density at radius 2 is 2.00 bits per heavy atom. The van der Waals surface area contributed by atoms with Gasteiger partial charge in [-0.25, -0.2) is 0 Å². The van der Waals surface area contributed by atoms with Crippen LogP contribution in [0.1, 0.15) is 44.4 Å². The molecule has 0 radical (unpaired) electrons. The van der Waals surface area contributed by atoms with Crippen LogP contribution in [0.15, 0.2) is 18.2 Å². The normalized spacial score (nSPS) is 21.2. The van der Waals surface area contributed by atoms with Gasteiger partial charge in [-0.1, -0.05) is 13.3 Å². The first-order valence-electron chi connectivity index (χ1n) is 10.9. The summed E-state index contributed by atoms with van der Waals surface area (Å²) in [6.45, 7) is 6.59. The fraction of sp³-hybridized carbons (Fsp3) is 0.565.